The quantitative estimate of drug-likeness (QED) is 0.884. The predicted molar refractivity (Wildman–Crippen MR) is 66.5 cm³/mol. The van der Waals surface area contributed by atoms with E-state index in [1.807, 2.05) is 12.3 Å². The molecule has 0 aliphatic heterocycles. The molecule has 0 unspecified atom stereocenters. The summed E-state index contributed by atoms with van der Waals surface area (Å²) < 4.78 is 5.11. The summed E-state index contributed by atoms with van der Waals surface area (Å²) in [5.41, 5.74) is 8.05. The first-order chi connectivity index (χ1) is 7.78. The molecule has 4 heteroatoms. The molecule has 84 valence electrons. The van der Waals surface area contributed by atoms with Gasteiger partial charge in [0.05, 0.1) is 6.61 Å². The maximum absolute atomic E-state index is 5.60. The topological polar surface area (TPSA) is 48.1 Å². The van der Waals surface area contributed by atoms with E-state index in [-0.39, 0.29) is 0 Å². The number of ether oxygens (including phenoxy) is 1. The maximum Gasteiger partial charge on any atom is 0.180 e. The average molecular weight is 234 g/mol. The highest BCUT2D eigenvalue weighted by Crippen LogP contribution is 2.19. The van der Waals surface area contributed by atoms with Gasteiger partial charge in [-0.25, -0.2) is 4.98 Å². The second-order valence-electron chi connectivity index (χ2n) is 3.59. The van der Waals surface area contributed by atoms with E-state index < -0.39 is 0 Å². The van der Waals surface area contributed by atoms with Crippen LogP contribution in [0.2, 0.25) is 0 Å². The Morgan fingerprint density at radius 3 is 2.88 bits per heavy atom. The summed E-state index contributed by atoms with van der Waals surface area (Å²) in [7, 11) is 1.70. The highest BCUT2D eigenvalue weighted by Gasteiger charge is 2.01. The Morgan fingerprint density at radius 2 is 2.19 bits per heavy atom. The molecule has 0 atom stereocenters. The number of rotatable bonds is 4. The van der Waals surface area contributed by atoms with Crippen molar-refractivity contribution in [3.05, 3.63) is 46.5 Å². The average Bonchev–Trinajstić information content (AvgIpc) is 2.65. The first-order valence-corrected chi connectivity index (χ1v) is 5.86. The highest BCUT2D eigenvalue weighted by atomic mass is 32.1. The van der Waals surface area contributed by atoms with Gasteiger partial charge in [0.15, 0.2) is 5.13 Å². The molecule has 3 nitrogen and oxygen atoms in total. The molecular formula is C12H14N2OS. The molecule has 2 rings (SSSR count). The molecule has 0 amide bonds. The number of hydrogen-bond acceptors (Lipinski definition) is 4. The molecule has 2 N–H and O–H groups in total. The molecule has 1 aromatic carbocycles. The van der Waals surface area contributed by atoms with E-state index in [2.05, 4.69) is 23.2 Å². The van der Waals surface area contributed by atoms with Crippen molar-refractivity contribution < 1.29 is 4.74 Å². The number of nitrogens with zero attached hydrogens (tertiary/aromatic N) is 1. The van der Waals surface area contributed by atoms with E-state index >= 15 is 0 Å². The van der Waals surface area contributed by atoms with Crippen LogP contribution < -0.4 is 5.73 Å². The number of benzene rings is 1. The van der Waals surface area contributed by atoms with Gasteiger partial charge in [0.1, 0.15) is 0 Å². The predicted octanol–water partition coefficient (Wildman–Crippen LogP) is 2.46. The van der Waals surface area contributed by atoms with E-state index in [9.17, 15) is 0 Å². The van der Waals surface area contributed by atoms with Crippen molar-refractivity contribution in [3.8, 4) is 0 Å². The van der Waals surface area contributed by atoms with Gasteiger partial charge < -0.3 is 10.5 Å². The fourth-order valence-corrected chi connectivity index (χ4v) is 2.32. The Labute approximate surface area is 98.9 Å². The van der Waals surface area contributed by atoms with Crippen molar-refractivity contribution in [3.63, 3.8) is 0 Å². The van der Waals surface area contributed by atoms with Gasteiger partial charge in [-0.2, -0.15) is 0 Å². The lowest BCUT2D eigenvalue weighted by atomic mass is 10.1. The Bertz CT molecular complexity index is 468. The molecule has 0 saturated heterocycles. The maximum atomic E-state index is 5.60. The van der Waals surface area contributed by atoms with Gasteiger partial charge in [-0.1, -0.05) is 24.3 Å². The number of thiazole rings is 1. The second kappa shape index (κ2) is 5.09. The largest absolute Gasteiger partial charge is 0.380 e. The van der Waals surface area contributed by atoms with E-state index in [0.29, 0.717) is 11.7 Å². The first kappa shape index (κ1) is 11.1. The molecule has 0 fully saturated rings. The van der Waals surface area contributed by atoms with Crippen molar-refractivity contribution in [1.29, 1.82) is 0 Å². The van der Waals surface area contributed by atoms with Crippen LogP contribution in [0.3, 0.4) is 0 Å². The lowest BCUT2D eigenvalue weighted by Gasteiger charge is -2.03. The molecule has 2 aromatic rings. The second-order valence-corrected chi connectivity index (χ2v) is 4.74. The Hall–Kier alpha value is -1.39. The van der Waals surface area contributed by atoms with Crippen LogP contribution in [0, 0.1) is 0 Å². The molecular weight excluding hydrogens is 220 g/mol. The zero-order chi connectivity index (χ0) is 11.4. The molecule has 0 radical (unpaired) electrons. The minimum Gasteiger partial charge on any atom is -0.380 e. The first-order valence-electron chi connectivity index (χ1n) is 5.05. The van der Waals surface area contributed by atoms with Crippen molar-refractivity contribution in [1.82, 2.24) is 4.98 Å². The zero-order valence-corrected chi connectivity index (χ0v) is 9.96. The zero-order valence-electron chi connectivity index (χ0n) is 9.14. The number of aromatic nitrogens is 1. The van der Waals surface area contributed by atoms with Crippen LogP contribution in [-0.2, 0) is 17.8 Å². The van der Waals surface area contributed by atoms with Crippen molar-refractivity contribution in [2.24, 2.45) is 0 Å². The molecule has 0 aliphatic rings. The molecule has 1 aromatic heterocycles. The molecule has 0 bridgehead atoms. The van der Waals surface area contributed by atoms with E-state index in [4.69, 9.17) is 10.5 Å². The monoisotopic (exact) mass is 234 g/mol. The van der Waals surface area contributed by atoms with Gasteiger partial charge in [-0.05, 0) is 11.1 Å². The van der Waals surface area contributed by atoms with Gasteiger partial charge in [0, 0.05) is 24.6 Å². The van der Waals surface area contributed by atoms with Crippen LogP contribution in [0.15, 0.2) is 30.5 Å². The summed E-state index contributed by atoms with van der Waals surface area (Å²) in [5, 5.41) is 0.628. The molecule has 0 saturated carbocycles. The minimum absolute atomic E-state index is 0.628. The summed E-state index contributed by atoms with van der Waals surface area (Å²) in [5.74, 6) is 0. The Morgan fingerprint density at radius 1 is 1.38 bits per heavy atom. The summed E-state index contributed by atoms with van der Waals surface area (Å²) in [6.45, 7) is 0.651. The highest BCUT2D eigenvalue weighted by molar-refractivity contribution is 7.15. The number of hydrogen-bond donors (Lipinski definition) is 1. The third kappa shape index (κ3) is 2.81. The third-order valence-electron chi connectivity index (χ3n) is 2.25. The van der Waals surface area contributed by atoms with E-state index in [0.717, 1.165) is 6.42 Å². The minimum atomic E-state index is 0.628. The fraction of sp³-hybridized carbons (Fsp3) is 0.250. The molecule has 0 spiro atoms. The lowest BCUT2D eigenvalue weighted by molar-refractivity contribution is 0.185. The van der Waals surface area contributed by atoms with Gasteiger partial charge >= 0.3 is 0 Å². The van der Waals surface area contributed by atoms with Crippen molar-refractivity contribution in [2.45, 2.75) is 13.0 Å². The van der Waals surface area contributed by atoms with Gasteiger partial charge in [-0.15, -0.1) is 11.3 Å². The summed E-state index contributed by atoms with van der Waals surface area (Å²) >= 11 is 1.54. The summed E-state index contributed by atoms with van der Waals surface area (Å²) in [4.78, 5) is 5.23. The van der Waals surface area contributed by atoms with Crippen LogP contribution in [0.5, 0.6) is 0 Å². The van der Waals surface area contributed by atoms with Crippen LogP contribution in [0.1, 0.15) is 16.0 Å². The third-order valence-corrected chi connectivity index (χ3v) is 3.08. The SMILES string of the molecule is COCc1cccc(Cc2cnc(N)s2)c1. The fourth-order valence-electron chi connectivity index (χ4n) is 1.60. The molecule has 1 heterocycles. The van der Waals surface area contributed by atoms with Gasteiger partial charge in [0.25, 0.3) is 0 Å². The van der Waals surface area contributed by atoms with Crippen LogP contribution in [0.4, 0.5) is 5.13 Å². The van der Waals surface area contributed by atoms with Gasteiger partial charge in [-0.3, -0.25) is 0 Å². The normalized spacial score (nSPS) is 10.6. The van der Waals surface area contributed by atoms with E-state index in [1.54, 1.807) is 7.11 Å². The van der Waals surface area contributed by atoms with Crippen molar-refractivity contribution >= 4 is 16.5 Å². The van der Waals surface area contributed by atoms with Crippen molar-refractivity contribution in [2.75, 3.05) is 12.8 Å². The molecule has 0 aliphatic carbocycles. The Balaban J connectivity index is 2.12. The summed E-state index contributed by atoms with van der Waals surface area (Å²) in [6, 6.07) is 8.37. The van der Waals surface area contributed by atoms with Gasteiger partial charge in [0.2, 0.25) is 0 Å². The van der Waals surface area contributed by atoms with Crippen LogP contribution >= 0.6 is 11.3 Å². The molecule has 16 heavy (non-hydrogen) atoms. The van der Waals surface area contributed by atoms with Crippen LogP contribution in [0.25, 0.3) is 0 Å². The number of methoxy groups -OCH3 is 1. The smallest absolute Gasteiger partial charge is 0.180 e. The Kier molecular flexibility index (Phi) is 3.54. The number of nitrogens with two attached hydrogens (primary N) is 1. The number of anilines is 1. The lowest BCUT2D eigenvalue weighted by Crippen LogP contribution is -1.90. The number of nitrogen functional groups attached to an aromatic ring is 1. The van der Waals surface area contributed by atoms with Crippen LogP contribution in [-0.4, -0.2) is 12.1 Å². The van der Waals surface area contributed by atoms with E-state index in [1.165, 1.54) is 27.3 Å². The summed E-state index contributed by atoms with van der Waals surface area (Å²) in [6.07, 6.45) is 2.72. The standard InChI is InChI=1S/C12H14N2OS/c1-15-8-10-4-2-3-9(5-10)6-11-7-14-12(13)16-11/h2-5,7H,6,8H2,1H3,(H2,13,14).